The normalized spacial score (nSPS) is 27.1. The standard InChI is InChI=1S/C16H25N/c1-13-10-11-17(16(2,3)4)15(12-13)14-8-6-5-7-9-14/h5-9,13,15H,10-12H2,1-4H3/t13-,15+/m1/s1. The van der Waals surface area contributed by atoms with Gasteiger partial charge in [0.25, 0.3) is 0 Å². The molecule has 0 amide bonds. The van der Waals surface area contributed by atoms with E-state index >= 15 is 0 Å². The molecule has 0 radical (unpaired) electrons. The number of likely N-dealkylation sites (tertiary alicyclic amines) is 1. The first-order chi connectivity index (χ1) is 7.98. The average Bonchev–Trinajstić information content (AvgIpc) is 2.28. The molecule has 17 heavy (non-hydrogen) atoms. The smallest absolute Gasteiger partial charge is 0.0355 e. The van der Waals surface area contributed by atoms with Gasteiger partial charge in [0.15, 0.2) is 0 Å². The van der Waals surface area contributed by atoms with Crippen molar-refractivity contribution in [1.82, 2.24) is 4.90 Å². The van der Waals surface area contributed by atoms with Gasteiger partial charge in [0.1, 0.15) is 0 Å². The monoisotopic (exact) mass is 231 g/mol. The molecule has 1 fully saturated rings. The summed E-state index contributed by atoms with van der Waals surface area (Å²) in [7, 11) is 0. The van der Waals surface area contributed by atoms with E-state index in [0.29, 0.717) is 6.04 Å². The second-order valence-electron chi connectivity index (χ2n) is 6.42. The molecule has 0 aliphatic carbocycles. The van der Waals surface area contributed by atoms with Crippen molar-refractivity contribution in [3.8, 4) is 0 Å². The minimum absolute atomic E-state index is 0.265. The highest BCUT2D eigenvalue weighted by Crippen LogP contribution is 2.38. The van der Waals surface area contributed by atoms with E-state index in [9.17, 15) is 0 Å². The maximum Gasteiger partial charge on any atom is 0.0355 e. The summed E-state index contributed by atoms with van der Waals surface area (Å²) in [5.41, 5.74) is 1.75. The second-order valence-corrected chi connectivity index (χ2v) is 6.42. The number of benzene rings is 1. The van der Waals surface area contributed by atoms with Crippen molar-refractivity contribution >= 4 is 0 Å². The molecule has 0 unspecified atom stereocenters. The van der Waals surface area contributed by atoms with E-state index in [1.165, 1.54) is 24.9 Å². The van der Waals surface area contributed by atoms with Crippen LogP contribution < -0.4 is 0 Å². The molecule has 0 saturated carbocycles. The van der Waals surface area contributed by atoms with Crippen LogP contribution in [0.2, 0.25) is 0 Å². The fourth-order valence-electron chi connectivity index (χ4n) is 2.94. The zero-order valence-corrected chi connectivity index (χ0v) is 11.6. The van der Waals surface area contributed by atoms with Crippen LogP contribution in [-0.2, 0) is 0 Å². The van der Waals surface area contributed by atoms with E-state index < -0.39 is 0 Å². The third-order valence-electron chi connectivity index (χ3n) is 3.91. The Hall–Kier alpha value is -0.820. The highest BCUT2D eigenvalue weighted by molar-refractivity contribution is 5.20. The van der Waals surface area contributed by atoms with E-state index in [0.717, 1.165) is 5.92 Å². The summed E-state index contributed by atoms with van der Waals surface area (Å²) >= 11 is 0. The van der Waals surface area contributed by atoms with E-state index in [4.69, 9.17) is 0 Å². The highest BCUT2D eigenvalue weighted by Gasteiger charge is 2.34. The zero-order chi connectivity index (χ0) is 12.5. The number of piperidine rings is 1. The molecule has 1 heteroatoms. The summed E-state index contributed by atoms with van der Waals surface area (Å²) in [6.07, 6.45) is 2.63. The Bertz CT molecular complexity index is 350. The van der Waals surface area contributed by atoms with Crippen LogP contribution in [0.3, 0.4) is 0 Å². The molecule has 1 saturated heterocycles. The molecule has 1 heterocycles. The molecular weight excluding hydrogens is 206 g/mol. The highest BCUT2D eigenvalue weighted by atomic mass is 15.2. The summed E-state index contributed by atoms with van der Waals surface area (Å²) in [4.78, 5) is 2.67. The first-order valence-electron chi connectivity index (χ1n) is 6.80. The largest absolute Gasteiger partial charge is 0.291 e. The molecular formula is C16H25N. The van der Waals surface area contributed by atoms with Gasteiger partial charge in [-0.2, -0.15) is 0 Å². The molecule has 2 rings (SSSR count). The molecule has 0 N–H and O–H groups in total. The molecule has 2 atom stereocenters. The molecule has 1 nitrogen and oxygen atoms in total. The Kier molecular flexibility index (Phi) is 3.58. The molecule has 0 bridgehead atoms. The van der Waals surface area contributed by atoms with Gasteiger partial charge in [0, 0.05) is 11.6 Å². The van der Waals surface area contributed by atoms with Crippen LogP contribution in [0.4, 0.5) is 0 Å². The lowest BCUT2D eigenvalue weighted by Crippen LogP contribution is -2.47. The molecule has 0 aromatic heterocycles. The first-order valence-corrected chi connectivity index (χ1v) is 6.80. The fraction of sp³-hybridized carbons (Fsp3) is 0.625. The summed E-state index contributed by atoms with van der Waals surface area (Å²) in [6.45, 7) is 10.6. The van der Waals surface area contributed by atoms with Crippen molar-refractivity contribution in [3.05, 3.63) is 35.9 Å². The Morgan fingerprint density at radius 3 is 2.35 bits per heavy atom. The second kappa shape index (κ2) is 4.81. The molecule has 1 aromatic carbocycles. The van der Waals surface area contributed by atoms with Crippen LogP contribution in [-0.4, -0.2) is 17.0 Å². The van der Waals surface area contributed by atoms with Gasteiger partial charge in [0.05, 0.1) is 0 Å². The number of hydrogen-bond acceptors (Lipinski definition) is 1. The molecule has 94 valence electrons. The van der Waals surface area contributed by atoms with E-state index in [1.807, 2.05) is 0 Å². The number of hydrogen-bond donors (Lipinski definition) is 0. The van der Waals surface area contributed by atoms with Gasteiger partial charge in [-0.05, 0) is 51.6 Å². The zero-order valence-electron chi connectivity index (χ0n) is 11.6. The topological polar surface area (TPSA) is 3.24 Å². The van der Waals surface area contributed by atoms with Gasteiger partial charge >= 0.3 is 0 Å². The van der Waals surface area contributed by atoms with Crippen molar-refractivity contribution in [2.75, 3.05) is 6.54 Å². The summed E-state index contributed by atoms with van der Waals surface area (Å²) in [6, 6.07) is 11.6. The maximum atomic E-state index is 2.67. The maximum absolute atomic E-state index is 2.67. The SMILES string of the molecule is C[C@@H]1CCN(C(C)(C)C)[C@H](c2ccccc2)C1. The third kappa shape index (κ3) is 2.90. The predicted octanol–water partition coefficient (Wildman–Crippen LogP) is 4.26. The summed E-state index contributed by atoms with van der Waals surface area (Å²) in [5, 5.41) is 0. The van der Waals surface area contributed by atoms with Gasteiger partial charge in [-0.25, -0.2) is 0 Å². The van der Waals surface area contributed by atoms with E-state index in [1.54, 1.807) is 0 Å². The van der Waals surface area contributed by atoms with Crippen LogP contribution in [0.5, 0.6) is 0 Å². The minimum Gasteiger partial charge on any atom is -0.291 e. The van der Waals surface area contributed by atoms with Crippen molar-refractivity contribution in [1.29, 1.82) is 0 Å². The van der Waals surface area contributed by atoms with Crippen molar-refractivity contribution in [2.24, 2.45) is 5.92 Å². The Labute approximate surface area is 106 Å². The van der Waals surface area contributed by atoms with Crippen molar-refractivity contribution < 1.29 is 0 Å². The average molecular weight is 231 g/mol. The van der Waals surface area contributed by atoms with Gasteiger partial charge in [-0.3, -0.25) is 4.90 Å². The quantitative estimate of drug-likeness (QED) is 0.698. The molecule has 1 aliphatic rings. The molecule has 1 aliphatic heterocycles. The summed E-state index contributed by atoms with van der Waals surface area (Å²) < 4.78 is 0. The van der Waals surface area contributed by atoms with Crippen molar-refractivity contribution in [3.63, 3.8) is 0 Å². The third-order valence-corrected chi connectivity index (χ3v) is 3.91. The molecule has 1 aromatic rings. The van der Waals surface area contributed by atoms with Crippen LogP contribution in [0, 0.1) is 5.92 Å². The minimum atomic E-state index is 0.265. The summed E-state index contributed by atoms with van der Waals surface area (Å²) in [5.74, 6) is 0.846. The number of nitrogens with zero attached hydrogens (tertiary/aromatic N) is 1. The lowest BCUT2D eigenvalue weighted by atomic mass is 9.85. The molecule has 0 spiro atoms. The lowest BCUT2D eigenvalue weighted by molar-refractivity contribution is 0.0326. The Balaban J connectivity index is 2.26. The van der Waals surface area contributed by atoms with Crippen molar-refractivity contribution in [2.45, 2.75) is 52.1 Å². The van der Waals surface area contributed by atoms with Gasteiger partial charge < -0.3 is 0 Å². The van der Waals surface area contributed by atoms with Gasteiger partial charge in [-0.15, -0.1) is 0 Å². The first kappa shape index (κ1) is 12.6. The Morgan fingerprint density at radius 2 is 1.76 bits per heavy atom. The fourth-order valence-corrected chi connectivity index (χ4v) is 2.94. The van der Waals surface area contributed by atoms with E-state index in [-0.39, 0.29) is 5.54 Å². The van der Waals surface area contributed by atoms with E-state index in [2.05, 4.69) is 62.9 Å². The van der Waals surface area contributed by atoms with Crippen LogP contribution in [0.15, 0.2) is 30.3 Å². The predicted molar refractivity (Wildman–Crippen MR) is 74.0 cm³/mol. The van der Waals surface area contributed by atoms with Gasteiger partial charge in [0.2, 0.25) is 0 Å². The number of rotatable bonds is 1. The van der Waals surface area contributed by atoms with Crippen LogP contribution >= 0.6 is 0 Å². The van der Waals surface area contributed by atoms with Crippen LogP contribution in [0.25, 0.3) is 0 Å². The van der Waals surface area contributed by atoms with Gasteiger partial charge in [-0.1, -0.05) is 37.3 Å². The van der Waals surface area contributed by atoms with Crippen LogP contribution in [0.1, 0.15) is 52.1 Å². The Morgan fingerprint density at radius 1 is 1.12 bits per heavy atom. The lowest BCUT2D eigenvalue weighted by Gasteiger charge is -2.46.